The van der Waals surface area contributed by atoms with E-state index in [2.05, 4.69) is 5.32 Å². The van der Waals surface area contributed by atoms with Crippen LogP contribution in [0.5, 0.6) is 11.5 Å². The van der Waals surface area contributed by atoms with Gasteiger partial charge in [-0.05, 0) is 48.7 Å². The number of hydrogen-bond donors (Lipinski definition) is 2. The molecule has 0 aliphatic heterocycles. The first-order chi connectivity index (χ1) is 10.2. The van der Waals surface area contributed by atoms with Crippen LogP contribution in [0.15, 0.2) is 48.5 Å². The summed E-state index contributed by atoms with van der Waals surface area (Å²) in [6.45, 7) is 0.589. The highest BCUT2D eigenvalue weighted by atomic mass is 16.5. The SMILES string of the molecule is COc1cccc(C(=O)NCCCc2cccc(O)c2)c1. The van der Waals surface area contributed by atoms with E-state index in [0.29, 0.717) is 17.9 Å². The van der Waals surface area contributed by atoms with Crippen LogP contribution in [0, 0.1) is 0 Å². The lowest BCUT2D eigenvalue weighted by molar-refractivity contribution is 0.0953. The average molecular weight is 285 g/mol. The Labute approximate surface area is 124 Å². The molecule has 0 radical (unpaired) electrons. The summed E-state index contributed by atoms with van der Waals surface area (Å²) >= 11 is 0. The maximum absolute atomic E-state index is 12.0. The molecule has 0 aliphatic carbocycles. The van der Waals surface area contributed by atoms with Crippen molar-refractivity contribution in [2.75, 3.05) is 13.7 Å². The zero-order valence-corrected chi connectivity index (χ0v) is 12.0. The summed E-state index contributed by atoms with van der Waals surface area (Å²) in [5.41, 5.74) is 1.65. The third-order valence-electron chi connectivity index (χ3n) is 3.17. The number of methoxy groups -OCH3 is 1. The van der Waals surface area contributed by atoms with Gasteiger partial charge in [0.15, 0.2) is 0 Å². The van der Waals surface area contributed by atoms with Gasteiger partial charge in [0.25, 0.3) is 5.91 Å². The van der Waals surface area contributed by atoms with Crippen LogP contribution in [0.2, 0.25) is 0 Å². The lowest BCUT2D eigenvalue weighted by Gasteiger charge is -2.07. The van der Waals surface area contributed by atoms with Gasteiger partial charge in [-0.1, -0.05) is 18.2 Å². The Hall–Kier alpha value is -2.49. The van der Waals surface area contributed by atoms with Gasteiger partial charge in [-0.2, -0.15) is 0 Å². The summed E-state index contributed by atoms with van der Waals surface area (Å²) < 4.78 is 5.10. The number of rotatable bonds is 6. The molecule has 4 heteroatoms. The van der Waals surface area contributed by atoms with E-state index in [9.17, 15) is 9.90 Å². The minimum atomic E-state index is -0.107. The zero-order valence-electron chi connectivity index (χ0n) is 12.0. The van der Waals surface area contributed by atoms with Crippen molar-refractivity contribution in [3.05, 3.63) is 59.7 Å². The molecule has 1 amide bonds. The van der Waals surface area contributed by atoms with Crippen molar-refractivity contribution in [2.45, 2.75) is 12.8 Å². The minimum Gasteiger partial charge on any atom is -0.508 e. The third kappa shape index (κ3) is 4.53. The van der Waals surface area contributed by atoms with Crippen molar-refractivity contribution >= 4 is 5.91 Å². The minimum absolute atomic E-state index is 0.107. The lowest BCUT2D eigenvalue weighted by Crippen LogP contribution is -2.24. The maximum atomic E-state index is 12.0. The highest BCUT2D eigenvalue weighted by molar-refractivity contribution is 5.94. The lowest BCUT2D eigenvalue weighted by atomic mass is 10.1. The molecule has 0 spiro atoms. The Kier molecular flexibility index (Phi) is 5.21. The molecule has 2 aromatic carbocycles. The summed E-state index contributed by atoms with van der Waals surface area (Å²) in [5, 5.41) is 12.3. The number of carbonyl (C=O) groups is 1. The van der Waals surface area contributed by atoms with E-state index in [1.807, 2.05) is 12.1 Å². The second-order valence-corrected chi connectivity index (χ2v) is 4.76. The first kappa shape index (κ1) is 14.9. The number of aryl methyl sites for hydroxylation is 1. The fourth-order valence-corrected chi connectivity index (χ4v) is 2.07. The van der Waals surface area contributed by atoms with Crippen molar-refractivity contribution in [3.8, 4) is 11.5 Å². The fourth-order valence-electron chi connectivity index (χ4n) is 2.07. The van der Waals surface area contributed by atoms with Gasteiger partial charge in [-0.25, -0.2) is 0 Å². The largest absolute Gasteiger partial charge is 0.508 e. The molecule has 0 fully saturated rings. The predicted molar refractivity (Wildman–Crippen MR) is 81.8 cm³/mol. The Balaban J connectivity index is 1.79. The molecule has 2 rings (SSSR count). The highest BCUT2D eigenvalue weighted by Gasteiger charge is 2.05. The van der Waals surface area contributed by atoms with Gasteiger partial charge in [-0.3, -0.25) is 4.79 Å². The molecule has 0 saturated carbocycles. The van der Waals surface area contributed by atoms with Crippen LogP contribution in [0.3, 0.4) is 0 Å². The number of hydrogen-bond acceptors (Lipinski definition) is 3. The van der Waals surface area contributed by atoms with Crippen LogP contribution in [-0.2, 0) is 6.42 Å². The van der Waals surface area contributed by atoms with Crippen molar-refractivity contribution < 1.29 is 14.6 Å². The molecular weight excluding hydrogens is 266 g/mol. The second-order valence-electron chi connectivity index (χ2n) is 4.76. The molecular formula is C17H19NO3. The van der Waals surface area contributed by atoms with Crippen molar-refractivity contribution in [3.63, 3.8) is 0 Å². The standard InChI is InChI=1S/C17H19NO3/c1-21-16-9-3-7-14(12-16)17(20)18-10-4-6-13-5-2-8-15(19)11-13/h2-3,5,7-9,11-12,19H,4,6,10H2,1H3,(H,18,20). The number of nitrogens with one attached hydrogen (secondary N) is 1. The van der Waals surface area contributed by atoms with Crippen molar-refractivity contribution in [2.24, 2.45) is 0 Å². The van der Waals surface area contributed by atoms with Gasteiger partial charge in [-0.15, -0.1) is 0 Å². The smallest absolute Gasteiger partial charge is 0.251 e. The van der Waals surface area contributed by atoms with E-state index < -0.39 is 0 Å². The van der Waals surface area contributed by atoms with E-state index >= 15 is 0 Å². The summed E-state index contributed by atoms with van der Waals surface area (Å²) in [5.74, 6) is 0.833. The Morgan fingerprint density at radius 3 is 2.76 bits per heavy atom. The molecule has 0 saturated heterocycles. The molecule has 4 nitrogen and oxygen atoms in total. The van der Waals surface area contributed by atoms with Crippen LogP contribution in [0.4, 0.5) is 0 Å². The average Bonchev–Trinajstić information content (AvgIpc) is 2.51. The summed E-state index contributed by atoms with van der Waals surface area (Å²) in [6, 6.07) is 14.2. The van der Waals surface area contributed by atoms with Gasteiger partial charge in [0.2, 0.25) is 0 Å². The predicted octanol–water partition coefficient (Wildman–Crippen LogP) is 2.76. The number of phenolic OH excluding ortho intramolecular Hbond substituents is 1. The monoisotopic (exact) mass is 285 g/mol. The summed E-state index contributed by atoms with van der Waals surface area (Å²) in [6.07, 6.45) is 1.63. The molecule has 0 bridgehead atoms. The Morgan fingerprint density at radius 2 is 2.00 bits per heavy atom. The number of amides is 1. The van der Waals surface area contributed by atoms with E-state index in [4.69, 9.17) is 4.74 Å². The van der Waals surface area contributed by atoms with E-state index in [1.165, 1.54) is 0 Å². The Bertz CT molecular complexity index is 610. The molecule has 0 atom stereocenters. The fraction of sp³-hybridized carbons (Fsp3) is 0.235. The number of benzene rings is 2. The molecule has 0 unspecified atom stereocenters. The molecule has 21 heavy (non-hydrogen) atoms. The topological polar surface area (TPSA) is 58.6 Å². The quantitative estimate of drug-likeness (QED) is 0.802. The van der Waals surface area contributed by atoms with E-state index in [0.717, 1.165) is 18.4 Å². The molecule has 0 aliphatic rings. The molecule has 2 N–H and O–H groups in total. The van der Waals surface area contributed by atoms with Gasteiger partial charge in [0.05, 0.1) is 7.11 Å². The number of phenols is 1. The Morgan fingerprint density at radius 1 is 1.19 bits per heavy atom. The third-order valence-corrected chi connectivity index (χ3v) is 3.17. The first-order valence-electron chi connectivity index (χ1n) is 6.89. The van der Waals surface area contributed by atoms with Crippen LogP contribution in [0.25, 0.3) is 0 Å². The van der Waals surface area contributed by atoms with Gasteiger partial charge in [0.1, 0.15) is 11.5 Å². The first-order valence-corrected chi connectivity index (χ1v) is 6.89. The van der Waals surface area contributed by atoms with Crippen molar-refractivity contribution in [1.29, 1.82) is 0 Å². The molecule has 0 aromatic heterocycles. The zero-order chi connectivity index (χ0) is 15.1. The maximum Gasteiger partial charge on any atom is 0.251 e. The number of carbonyl (C=O) groups excluding carboxylic acids is 1. The van der Waals surface area contributed by atoms with Crippen LogP contribution >= 0.6 is 0 Å². The summed E-state index contributed by atoms with van der Waals surface area (Å²) in [7, 11) is 1.58. The molecule has 0 heterocycles. The van der Waals surface area contributed by atoms with Crippen molar-refractivity contribution in [1.82, 2.24) is 5.32 Å². The van der Waals surface area contributed by atoms with Gasteiger partial charge >= 0.3 is 0 Å². The van der Waals surface area contributed by atoms with E-state index in [-0.39, 0.29) is 11.7 Å². The second kappa shape index (κ2) is 7.33. The van der Waals surface area contributed by atoms with Gasteiger partial charge < -0.3 is 15.2 Å². The van der Waals surface area contributed by atoms with Crippen LogP contribution in [0.1, 0.15) is 22.3 Å². The number of ether oxygens (including phenoxy) is 1. The molecule has 2 aromatic rings. The number of aromatic hydroxyl groups is 1. The normalized spacial score (nSPS) is 10.1. The highest BCUT2D eigenvalue weighted by Crippen LogP contribution is 2.13. The van der Waals surface area contributed by atoms with Gasteiger partial charge in [0, 0.05) is 12.1 Å². The molecule has 110 valence electrons. The van der Waals surface area contributed by atoms with E-state index in [1.54, 1.807) is 43.5 Å². The van der Waals surface area contributed by atoms with Crippen LogP contribution in [-0.4, -0.2) is 24.7 Å². The summed E-state index contributed by atoms with van der Waals surface area (Å²) in [4.78, 5) is 12.0. The van der Waals surface area contributed by atoms with Crippen LogP contribution < -0.4 is 10.1 Å².